The number of amides is 3. The molecule has 16 heavy (non-hydrogen) atoms. The SMILES string of the molecule is CC(C)CCNC(=O)NC(=O)CCC(=O)O. The van der Waals surface area contributed by atoms with Gasteiger partial charge >= 0.3 is 12.0 Å². The van der Waals surface area contributed by atoms with Crippen molar-refractivity contribution in [1.29, 1.82) is 0 Å². The van der Waals surface area contributed by atoms with Crippen LogP contribution in [0.15, 0.2) is 0 Å². The van der Waals surface area contributed by atoms with Gasteiger partial charge in [-0.3, -0.25) is 14.9 Å². The maximum atomic E-state index is 11.1. The van der Waals surface area contributed by atoms with Crippen molar-refractivity contribution in [2.75, 3.05) is 6.54 Å². The van der Waals surface area contributed by atoms with Gasteiger partial charge in [0.1, 0.15) is 0 Å². The van der Waals surface area contributed by atoms with Crippen LogP contribution < -0.4 is 10.6 Å². The Morgan fingerprint density at radius 1 is 1.19 bits per heavy atom. The van der Waals surface area contributed by atoms with Crippen LogP contribution in [0.4, 0.5) is 4.79 Å². The van der Waals surface area contributed by atoms with Crippen LogP contribution in [-0.2, 0) is 9.59 Å². The molecule has 0 aromatic carbocycles. The summed E-state index contributed by atoms with van der Waals surface area (Å²) in [7, 11) is 0. The third-order valence-corrected chi connectivity index (χ3v) is 1.83. The molecule has 0 saturated heterocycles. The Hall–Kier alpha value is -1.59. The normalized spacial score (nSPS) is 9.94. The van der Waals surface area contributed by atoms with Crippen molar-refractivity contribution in [3.63, 3.8) is 0 Å². The van der Waals surface area contributed by atoms with Gasteiger partial charge in [0, 0.05) is 13.0 Å². The molecule has 0 radical (unpaired) electrons. The van der Waals surface area contributed by atoms with Gasteiger partial charge < -0.3 is 10.4 Å². The molecule has 0 spiro atoms. The average molecular weight is 230 g/mol. The van der Waals surface area contributed by atoms with Crippen molar-refractivity contribution in [2.24, 2.45) is 5.92 Å². The fourth-order valence-electron chi connectivity index (χ4n) is 0.928. The monoisotopic (exact) mass is 230 g/mol. The molecule has 0 saturated carbocycles. The molecule has 3 N–H and O–H groups in total. The van der Waals surface area contributed by atoms with Gasteiger partial charge in [-0.15, -0.1) is 0 Å². The summed E-state index contributed by atoms with van der Waals surface area (Å²) in [6.45, 7) is 4.55. The van der Waals surface area contributed by atoms with Crippen LogP contribution in [0.5, 0.6) is 0 Å². The predicted octanol–water partition coefficient (Wildman–Crippen LogP) is 0.723. The van der Waals surface area contributed by atoms with Crippen molar-refractivity contribution in [2.45, 2.75) is 33.1 Å². The number of nitrogens with one attached hydrogen (secondary N) is 2. The van der Waals surface area contributed by atoms with E-state index in [-0.39, 0.29) is 12.8 Å². The number of carboxylic acids is 1. The molecule has 6 heteroatoms. The van der Waals surface area contributed by atoms with Gasteiger partial charge in [-0.2, -0.15) is 0 Å². The van der Waals surface area contributed by atoms with Gasteiger partial charge in [-0.25, -0.2) is 4.79 Å². The lowest BCUT2D eigenvalue weighted by Gasteiger charge is -2.07. The molecule has 6 nitrogen and oxygen atoms in total. The van der Waals surface area contributed by atoms with Crippen LogP contribution in [-0.4, -0.2) is 29.6 Å². The summed E-state index contributed by atoms with van der Waals surface area (Å²) in [6.07, 6.45) is 0.370. The van der Waals surface area contributed by atoms with Crippen LogP contribution in [0.25, 0.3) is 0 Å². The van der Waals surface area contributed by atoms with Crippen molar-refractivity contribution >= 4 is 17.9 Å². The molecule has 0 atom stereocenters. The smallest absolute Gasteiger partial charge is 0.321 e. The highest BCUT2D eigenvalue weighted by Crippen LogP contribution is 1.96. The topological polar surface area (TPSA) is 95.5 Å². The largest absolute Gasteiger partial charge is 0.481 e. The summed E-state index contributed by atoms with van der Waals surface area (Å²) in [5.74, 6) is -1.16. The Morgan fingerprint density at radius 3 is 2.31 bits per heavy atom. The first kappa shape index (κ1) is 14.4. The fraction of sp³-hybridized carbons (Fsp3) is 0.700. The van der Waals surface area contributed by atoms with E-state index in [0.717, 1.165) is 6.42 Å². The molecule has 0 unspecified atom stereocenters. The molecule has 0 fully saturated rings. The minimum atomic E-state index is -1.06. The summed E-state index contributed by atoms with van der Waals surface area (Å²) in [5, 5.41) is 12.9. The highest BCUT2D eigenvalue weighted by atomic mass is 16.4. The first-order chi connectivity index (χ1) is 7.41. The van der Waals surface area contributed by atoms with E-state index in [1.54, 1.807) is 0 Å². The molecule has 0 aromatic rings. The Morgan fingerprint density at radius 2 is 1.81 bits per heavy atom. The van der Waals surface area contributed by atoms with Crippen LogP contribution >= 0.6 is 0 Å². The number of imide groups is 1. The van der Waals surface area contributed by atoms with E-state index in [2.05, 4.69) is 10.6 Å². The second kappa shape index (κ2) is 7.67. The van der Waals surface area contributed by atoms with Gasteiger partial charge in [0.05, 0.1) is 6.42 Å². The highest BCUT2D eigenvalue weighted by molar-refractivity contribution is 5.95. The van der Waals surface area contributed by atoms with Crippen molar-refractivity contribution in [1.82, 2.24) is 10.6 Å². The Labute approximate surface area is 94.4 Å². The summed E-state index contributed by atoms with van der Waals surface area (Å²) in [5.41, 5.74) is 0. The number of hydrogen-bond donors (Lipinski definition) is 3. The molecule has 0 rings (SSSR count). The molecule has 3 amide bonds. The first-order valence-corrected chi connectivity index (χ1v) is 5.21. The summed E-state index contributed by atoms with van der Waals surface area (Å²) >= 11 is 0. The second-order valence-electron chi connectivity index (χ2n) is 3.88. The van der Waals surface area contributed by atoms with E-state index < -0.39 is 17.9 Å². The lowest BCUT2D eigenvalue weighted by molar-refractivity contribution is -0.138. The molecular formula is C10H18N2O4. The fourth-order valence-corrected chi connectivity index (χ4v) is 0.928. The number of carbonyl (C=O) groups is 3. The number of carbonyl (C=O) groups excluding carboxylic acids is 2. The third-order valence-electron chi connectivity index (χ3n) is 1.83. The molecule has 0 aliphatic heterocycles. The standard InChI is InChI=1S/C10H18N2O4/c1-7(2)5-6-11-10(16)12-8(13)3-4-9(14)15/h7H,3-6H2,1-2H3,(H,14,15)(H2,11,12,13,16). The molecule has 0 heterocycles. The second-order valence-corrected chi connectivity index (χ2v) is 3.88. The average Bonchev–Trinajstić information content (AvgIpc) is 2.14. The van der Waals surface area contributed by atoms with E-state index in [9.17, 15) is 14.4 Å². The summed E-state index contributed by atoms with van der Waals surface area (Å²) in [4.78, 5) is 32.3. The van der Waals surface area contributed by atoms with Gasteiger partial charge in [0.25, 0.3) is 0 Å². The zero-order chi connectivity index (χ0) is 12.6. The van der Waals surface area contributed by atoms with Gasteiger partial charge in [0.15, 0.2) is 0 Å². The highest BCUT2D eigenvalue weighted by Gasteiger charge is 2.08. The maximum Gasteiger partial charge on any atom is 0.321 e. The van der Waals surface area contributed by atoms with Crippen molar-refractivity contribution in [3.05, 3.63) is 0 Å². The van der Waals surface area contributed by atoms with Crippen LogP contribution in [0, 0.1) is 5.92 Å². The molecule has 0 bridgehead atoms. The van der Waals surface area contributed by atoms with E-state index in [0.29, 0.717) is 12.5 Å². The van der Waals surface area contributed by atoms with Crippen LogP contribution in [0.2, 0.25) is 0 Å². The Bertz CT molecular complexity index is 264. The maximum absolute atomic E-state index is 11.1. The van der Waals surface area contributed by atoms with Gasteiger partial charge in [0.2, 0.25) is 5.91 Å². The molecule has 0 aliphatic rings. The quantitative estimate of drug-likeness (QED) is 0.626. The van der Waals surface area contributed by atoms with Crippen molar-refractivity contribution < 1.29 is 19.5 Å². The minimum Gasteiger partial charge on any atom is -0.481 e. The Balaban J connectivity index is 3.62. The number of rotatable bonds is 6. The van der Waals surface area contributed by atoms with Gasteiger partial charge in [-0.1, -0.05) is 13.8 Å². The van der Waals surface area contributed by atoms with Gasteiger partial charge in [-0.05, 0) is 12.3 Å². The summed E-state index contributed by atoms with van der Waals surface area (Å²) < 4.78 is 0. The zero-order valence-electron chi connectivity index (χ0n) is 9.58. The number of urea groups is 1. The molecular weight excluding hydrogens is 212 g/mol. The Kier molecular flexibility index (Phi) is 6.91. The molecule has 0 aliphatic carbocycles. The molecule has 0 aromatic heterocycles. The number of aliphatic carboxylic acids is 1. The van der Waals surface area contributed by atoms with E-state index >= 15 is 0 Å². The molecule has 92 valence electrons. The van der Waals surface area contributed by atoms with E-state index in [4.69, 9.17) is 5.11 Å². The third kappa shape index (κ3) is 8.98. The lowest BCUT2D eigenvalue weighted by Crippen LogP contribution is -2.40. The zero-order valence-corrected chi connectivity index (χ0v) is 9.58. The van der Waals surface area contributed by atoms with E-state index in [1.807, 2.05) is 13.8 Å². The lowest BCUT2D eigenvalue weighted by atomic mass is 10.1. The van der Waals surface area contributed by atoms with Crippen molar-refractivity contribution in [3.8, 4) is 0 Å². The van der Waals surface area contributed by atoms with Crippen LogP contribution in [0.1, 0.15) is 33.1 Å². The number of carboxylic acid groups (broad SMARTS) is 1. The summed E-state index contributed by atoms with van der Waals surface area (Å²) in [6, 6.07) is -0.573. The van der Waals surface area contributed by atoms with Crippen LogP contribution in [0.3, 0.4) is 0 Å². The minimum absolute atomic E-state index is 0.188. The van der Waals surface area contributed by atoms with E-state index in [1.165, 1.54) is 0 Å². The predicted molar refractivity (Wildman–Crippen MR) is 57.9 cm³/mol. The number of hydrogen-bond acceptors (Lipinski definition) is 3. The first-order valence-electron chi connectivity index (χ1n) is 5.21.